The minimum absolute atomic E-state index is 0.0263. The van der Waals surface area contributed by atoms with Crippen LogP contribution in [-0.2, 0) is 0 Å². The van der Waals surface area contributed by atoms with E-state index in [0.29, 0.717) is 10.6 Å². The van der Waals surface area contributed by atoms with E-state index in [9.17, 15) is 9.18 Å². The molecule has 1 aromatic heterocycles. The second kappa shape index (κ2) is 4.65. The van der Waals surface area contributed by atoms with Gasteiger partial charge in [-0.3, -0.25) is 0 Å². The van der Waals surface area contributed by atoms with E-state index in [1.807, 2.05) is 0 Å². The van der Waals surface area contributed by atoms with E-state index in [1.165, 1.54) is 6.07 Å². The van der Waals surface area contributed by atoms with Gasteiger partial charge in [-0.2, -0.15) is 0 Å². The highest BCUT2D eigenvalue weighted by Crippen LogP contribution is 2.33. The zero-order chi connectivity index (χ0) is 14.3. The lowest BCUT2D eigenvalue weighted by Gasteiger charge is -2.02. The van der Waals surface area contributed by atoms with Gasteiger partial charge in [0, 0.05) is 10.9 Å². The van der Waals surface area contributed by atoms with Gasteiger partial charge in [0.05, 0.1) is 10.6 Å². The average Bonchev–Trinajstić information content (AvgIpc) is 2.83. The summed E-state index contributed by atoms with van der Waals surface area (Å²) in [6.07, 6.45) is 0. The lowest BCUT2D eigenvalue weighted by atomic mass is 10.0. The summed E-state index contributed by atoms with van der Waals surface area (Å²) >= 11 is 6.01. The normalized spacial score (nSPS) is 10.9. The summed E-state index contributed by atoms with van der Waals surface area (Å²) in [6.45, 7) is 0. The summed E-state index contributed by atoms with van der Waals surface area (Å²) in [7, 11) is 0. The highest BCUT2D eigenvalue weighted by molar-refractivity contribution is 6.34. The smallest absolute Gasteiger partial charge is 0.336 e. The standard InChI is InChI=1S/C15H8ClFO3/c16-12-3-1-2-8-6-13(20-14(8)12)11-7-9(17)4-5-10(11)15(18)19/h1-7H,(H,18,19). The first kappa shape index (κ1) is 12.7. The first-order valence-corrected chi connectivity index (χ1v) is 6.15. The second-order valence-corrected chi connectivity index (χ2v) is 4.67. The zero-order valence-corrected chi connectivity index (χ0v) is 10.8. The van der Waals surface area contributed by atoms with Crippen molar-refractivity contribution in [2.45, 2.75) is 0 Å². The topological polar surface area (TPSA) is 50.4 Å². The first-order valence-electron chi connectivity index (χ1n) is 5.77. The van der Waals surface area contributed by atoms with Crippen molar-refractivity contribution >= 4 is 28.5 Å². The van der Waals surface area contributed by atoms with Crippen molar-refractivity contribution in [2.24, 2.45) is 0 Å². The van der Waals surface area contributed by atoms with Crippen LogP contribution < -0.4 is 0 Å². The van der Waals surface area contributed by atoms with Crippen LogP contribution in [0.1, 0.15) is 10.4 Å². The molecule has 3 nitrogen and oxygen atoms in total. The van der Waals surface area contributed by atoms with E-state index >= 15 is 0 Å². The number of fused-ring (bicyclic) bond motifs is 1. The van der Waals surface area contributed by atoms with Crippen molar-refractivity contribution < 1.29 is 18.7 Å². The number of hydrogen-bond donors (Lipinski definition) is 1. The number of rotatable bonds is 2. The Balaban J connectivity index is 2.27. The largest absolute Gasteiger partial charge is 0.478 e. The quantitative estimate of drug-likeness (QED) is 0.751. The molecule has 0 radical (unpaired) electrons. The molecule has 0 fully saturated rings. The van der Waals surface area contributed by atoms with Crippen LogP contribution in [0.2, 0.25) is 5.02 Å². The highest BCUT2D eigenvalue weighted by Gasteiger charge is 2.17. The third kappa shape index (κ3) is 2.04. The third-order valence-corrected chi connectivity index (χ3v) is 3.27. The molecule has 0 aliphatic carbocycles. The van der Waals surface area contributed by atoms with Crippen LogP contribution in [0.4, 0.5) is 4.39 Å². The molecule has 3 aromatic rings. The van der Waals surface area contributed by atoms with Crippen LogP contribution in [0.3, 0.4) is 0 Å². The van der Waals surface area contributed by atoms with Gasteiger partial charge in [0.1, 0.15) is 11.6 Å². The van der Waals surface area contributed by atoms with E-state index in [4.69, 9.17) is 21.1 Å². The van der Waals surface area contributed by atoms with E-state index in [2.05, 4.69) is 0 Å². The molecule has 0 saturated heterocycles. The molecule has 5 heteroatoms. The molecule has 1 N–H and O–H groups in total. The molecule has 20 heavy (non-hydrogen) atoms. The minimum Gasteiger partial charge on any atom is -0.478 e. The van der Waals surface area contributed by atoms with Crippen molar-refractivity contribution in [1.29, 1.82) is 0 Å². The van der Waals surface area contributed by atoms with Gasteiger partial charge in [-0.25, -0.2) is 9.18 Å². The zero-order valence-electron chi connectivity index (χ0n) is 10.1. The molecule has 0 unspecified atom stereocenters. The molecule has 0 bridgehead atoms. The van der Waals surface area contributed by atoms with Crippen LogP contribution in [-0.4, -0.2) is 11.1 Å². The third-order valence-electron chi connectivity index (χ3n) is 2.97. The Hall–Kier alpha value is -2.33. The van der Waals surface area contributed by atoms with Gasteiger partial charge in [-0.15, -0.1) is 0 Å². The van der Waals surface area contributed by atoms with E-state index in [0.717, 1.165) is 17.5 Å². The summed E-state index contributed by atoms with van der Waals surface area (Å²) < 4.78 is 18.9. The van der Waals surface area contributed by atoms with Gasteiger partial charge >= 0.3 is 5.97 Å². The maximum Gasteiger partial charge on any atom is 0.336 e. The molecule has 0 aliphatic heterocycles. The molecule has 0 saturated carbocycles. The number of carboxylic acid groups (broad SMARTS) is 1. The maximum atomic E-state index is 13.4. The van der Waals surface area contributed by atoms with Crippen LogP contribution in [0.15, 0.2) is 46.9 Å². The average molecular weight is 291 g/mol. The van der Waals surface area contributed by atoms with Gasteiger partial charge in [0.15, 0.2) is 5.58 Å². The SMILES string of the molecule is O=C(O)c1ccc(F)cc1-c1cc2cccc(Cl)c2o1. The molecule has 0 amide bonds. The fourth-order valence-corrected chi connectivity index (χ4v) is 2.29. The minimum atomic E-state index is -1.15. The van der Waals surface area contributed by atoms with Crippen molar-refractivity contribution in [3.63, 3.8) is 0 Å². The first-order chi connectivity index (χ1) is 9.56. The predicted molar refractivity (Wildman–Crippen MR) is 73.6 cm³/mol. The van der Waals surface area contributed by atoms with E-state index in [-0.39, 0.29) is 16.9 Å². The fourth-order valence-electron chi connectivity index (χ4n) is 2.07. The number of aromatic carboxylic acids is 1. The Kier molecular flexibility index (Phi) is 2.95. The van der Waals surface area contributed by atoms with E-state index < -0.39 is 11.8 Å². The Labute approximate surface area is 118 Å². The molecule has 1 heterocycles. The molecular formula is C15H8ClFO3. The maximum absolute atomic E-state index is 13.4. The Bertz CT molecular complexity index is 823. The van der Waals surface area contributed by atoms with Gasteiger partial charge in [0.2, 0.25) is 0 Å². The number of carboxylic acids is 1. The van der Waals surface area contributed by atoms with Crippen LogP contribution >= 0.6 is 11.6 Å². The number of para-hydroxylation sites is 1. The summed E-state index contributed by atoms with van der Waals surface area (Å²) in [6, 6.07) is 10.3. The van der Waals surface area contributed by atoms with E-state index in [1.54, 1.807) is 24.3 Å². The fraction of sp³-hybridized carbons (Fsp3) is 0. The summed E-state index contributed by atoms with van der Waals surface area (Å²) in [5.74, 6) is -1.41. The highest BCUT2D eigenvalue weighted by atomic mass is 35.5. The molecule has 0 aliphatic rings. The van der Waals surface area contributed by atoms with Crippen LogP contribution in [0, 0.1) is 5.82 Å². The molecular weight excluding hydrogens is 283 g/mol. The lowest BCUT2D eigenvalue weighted by Crippen LogP contribution is -1.99. The molecule has 2 aromatic carbocycles. The summed E-state index contributed by atoms with van der Waals surface area (Å²) in [5.41, 5.74) is 0.608. The second-order valence-electron chi connectivity index (χ2n) is 4.26. The summed E-state index contributed by atoms with van der Waals surface area (Å²) in [5, 5.41) is 10.3. The molecule has 0 atom stereocenters. The molecule has 100 valence electrons. The predicted octanol–water partition coefficient (Wildman–Crippen LogP) is 4.59. The van der Waals surface area contributed by atoms with Crippen molar-refractivity contribution in [3.05, 3.63) is 58.9 Å². The Morgan fingerprint density at radius 3 is 2.70 bits per heavy atom. The number of halogens is 2. The van der Waals surface area contributed by atoms with Crippen molar-refractivity contribution in [1.82, 2.24) is 0 Å². The monoisotopic (exact) mass is 290 g/mol. The number of carbonyl (C=O) groups is 1. The van der Waals surface area contributed by atoms with Gasteiger partial charge in [-0.05, 0) is 30.3 Å². The van der Waals surface area contributed by atoms with Gasteiger partial charge < -0.3 is 9.52 Å². The van der Waals surface area contributed by atoms with Crippen molar-refractivity contribution in [2.75, 3.05) is 0 Å². The lowest BCUT2D eigenvalue weighted by molar-refractivity contribution is 0.0697. The van der Waals surface area contributed by atoms with Crippen LogP contribution in [0.5, 0.6) is 0 Å². The Morgan fingerprint density at radius 2 is 2.00 bits per heavy atom. The number of furan rings is 1. The number of benzene rings is 2. The summed E-state index contributed by atoms with van der Waals surface area (Å²) in [4.78, 5) is 11.2. The van der Waals surface area contributed by atoms with Gasteiger partial charge in [-0.1, -0.05) is 23.7 Å². The Morgan fingerprint density at radius 1 is 1.20 bits per heavy atom. The molecule has 0 spiro atoms. The van der Waals surface area contributed by atoms with Crippen LogP contribution in [0.25, 0.3) is 22.3 Å². The number of hydrogen-bond acceptors (Lipinski definition) is 2. The van der Waals surface area contributed by atoms with Gasteiger partial charge in [0.25, 0.3) is 0 Å². The molecule has 3 rings (SSSR count). The van der Waals surface area contributed by atoms with Crippen molar-refractivity contribution in [3.8, 4) is 11.3 Å².